The lowest BCUT2D eigenvalue weighted by molar-refractivity contribution is 0.443. The number of anilines is 1. The summed E-state index contributed by atoms with van der Waals surface area (Å²) in [4.78, 5) is 4.78. The molecular formula is C15H21BrN2. The summed E-state index contributed by atoms with van der Waals surface area (Å²) in [6, 6.07) is 6.85. The number of hydrogen-bond acceptors (Lipinski definition) is 1. The van der Waals surface area contributed by atoms with E-state index in [1.54, 1.807) is 0 Å². The first kappa shape index (κ1) is 13.6. The number of benzene rings is 1. The molecule has 0 aromatic heterocycles. The Balaban J connectivity index is 2.01. The van der Waals surface area contributed by atoms with Crippen molar-refractivity contribution in [2.75, 3.05) is 5.32 Å². The van der Waals surface area contributed by atoms with Crippen molar-refractivity contribution >= 4 is 27.5 Å². The molecule has 0 aliphatic heterocycles. The molecule has 0 saturated heterocycles. The third-order valence-electron chi connectivity index (χ3n) is 3.39. The minimum atomic E-state index is 0.524. The second-order valence-corrected chi connectivity index (χ2v) is 5.97. The van der Waals surface area contributed by atoms with Gasteiger partial charge in [-0.1, -0.05) is 25.3 Å². The van der Waals surface area contributed by atoms with E-state index in [-0.39, 0.29) is 0 Å². The molecule has 2 rings (SSSR count). The van der Waals surface area contributed by atoms with Gasteiger partial charge in [-0.15, -0.1) is 0 Å². The predicted molar refractivity (Wildman–Crippen MR) is 82.5 cm³/mol. The third-order valence-corrected chi connectivity index (χ3v) is 4.05. The second kappa shape index (κ2) is 6.37. The van der Waals surface area contributed by atoms with Gasteiger partial charge in [0.1, 0.15) is 0 Å². The normalized spacial score (nSPS) is 17.8. The largest absolute Gasteiger partial charge is 0.343 e. The number of hydrogen-bond donors (Lipinski definition) is 1. The van der Waals surface area contributed by atoms with Crippen molar-refractivity contribution in [2.45, 2.75) is 52.0 Å². The van der Waals surface area contributed by atoms with Crippen molar-refractivity contribution in [2.24, 2.45) is 4.99 Å². The number of nitrogens with zero attached hydrogens (tertiary/aromatic N) is 1. The maximum Gasteiger partial charge on any atom is 0.0979 e. The standard InChI is InChI=1S/C15H21BrN2/c1-11-8-9-15(14(16)10-11)18-12(2)17-13-6-4-3-5-7-13/h8-10,13H,3-7H2,1-2H3,(H,17,18). The molecule has 1 saturated carbocycles. The van der Waals surface area contributed by atoms with Gasteiger partial charge in [0.25, 0.3) is 0 Å². The van der Waals surface area contributed by atoms with Crippen LogP contribution in [0, 0.1) is 6.92 Å². The third kappa shape index (κ3) is 3.84. The molecule has 0 bridgehead atoms. The van der Waals surface area contributed by atoms with Gasteiger partial charge in [-0.2, -0.15) is 0 Å². The summed E-state index contributed by atoms with van der Waals surface area (Å²) >= 11 is 3.58. The molecule has 1 aliphatic rings. The van der Waals surface area contributed by atoms with Crippen LogP contribution < -0.4 is 5.32 Å². The molecule has 1 aromatic carbocycles. The van der Waals surface area contributed by atoms with Gasteiger partial charge < -0.3 is 5.32 Å². The van der Waals surface area contributed by atoms with E-state index in [1.807, 2.05) is 0 Å². The molecule has 1 fully saturated rings. The van der Waals surface area contributed by atoms with Crippen LogP contribution in [0.1, 0.15) is 44.6 Å². The van der Waals surface area contributed by atoms with Gasteiger partial charge in [-0.25, -0.2) is 0 Å². The molecule has 98 valence electrons. The van der Waals surface area contributed by atoms with E-state index < -0.39 is 0 Å². The molecule has 1 N–H and O–H groups in total. The fraction of sp³-hybridized carbons (Fsp3) is 0.533. The van der Waals surface area contributed by atoms with Gasteiger partial charge in [0.2, 0.25) is 0 Å². The number of rotatable bonds is 2. The van der Waals surface area contributed by atoms with E-state index in [1.165, 1.54) is 37.7 Å². The zero-order valence-corrected chi connectivity index (χ0v) is 12.8. The number of halogens is 1. The molecule has 0 amide bonds. The minimum absolute atomic E-state index is 0.524. The van der Waals surface area contributed by atoms with Crippen molar-refractivity contribution in [3.63, 3.8) is 0 Å². The monoisotopic (exact) mass is 308 g/mol. The van der Waals surface area contributed by atoms with Gasteiger partial charge in [0.15, 0.2) is 0 Å². The zero-order valence-electron chi connectivity index (χ0n) is 11.2. The Hall–Kier alpha value is -0.830. The van der Waals surface area contributed by atoms with E-state index in [0.717, 1.165) is 16.0 Å². The molecule has 18 heavy (non-hydrogen) atoms. The summed E-state index contributed by atoms with van der Waals surface area (Å²) in [5.41, 5.74) is 2.35. The molecule has 3 heteroatoms. The van der Waals surface area contributed by atoms with Crippen LogP contribution in [0.2, 0.25) is 0 Å². The highest BCUT2D eigenvalue weighted by molar-refractivity contribution is 9.10. The highest BCUT2D eigenvalue weighted by atomic mass is 79.9. The second-order valence-electron chi connectivity index (χ2n) is 5.11. The van der Waals surface area contributed by atoms with E-state index >= 15 is 0 Å². The Morgan fingerprint density at radius 1 is 1.28 bits per heavy atom. The van der Waals surface area contributed by atoms with Crippen LogP contribution in [0.15, 0.2) is 27.7 Å². The zero-order chi connectivity index (χ0) is 13.0. The molecule has 0 radical (unpaired) electrons. The lowest BCUT2D eigenvalue weighted by Gasteiger charge is -2.19. The van der Waals surface area contributed by atoms with E-state index in [2.05, 4.69) is 53.3 Å². The van der Waals surface area contributed by atoms with Crippen LogP contribution in [0.3, 0.4) is 0 Å². The van der Waals surface area contributed by atoms with Gasteiger partial charge in [-0.05, 0) is 60.3 Å². The number of nitrogens with one attached hydrogen (secondary N) is 1. The smallest absolute Gasteiger partial charge is 0.0979 e. The summed E-state index contributed by atoms with van der Waals surface area (Å²) in [6.07, 6.45) is 6.52. The van der Waals surface area contributed by atoms with Gasteiger partial charge in [-0.3, -0.25) is 4.99 Å². The van der Waals surface area contributed by atoms with Crippen LogP contribution in [0.5, 0.6) is 0 Å². The van der Waals surface area contributed by atoms with Crippen molar-refractivity contribution in [3.8, 4) is 0 Å². The maximum atomic E-state index is 4.78. The van der Waals surface area contributed by atoms with Crippen LogP contribution in [0.4, 0.5) is 5.69 Å². The average Bonchev–Trinajstić information content (AvgIpc) is 2.34. The number of amidine groups is 1. The highest BCUT2D eigenvalue weighted by Gasteiger charge is 2.12. The predicted octanol–water partition coefficient (Wildman–Crippen LogP) is 4.92. The summed E-state index contributed by atoms with van der Waals surface area (Å²) in [7, 11) is 0. The van der Waals surface area contributed by atoms with E-state index in [0.29, 0.717) is 6.04 Å². The lowest BCUT2D eigenvalue weighted by Crippen LogP contribution is -2.16. The Bertz CT molecular complexity index is 434. The maximum absolute atomic E-state index is 4.78. The first-order valence-corrected chi connectivity index (χ1v) is 7.52. The van der Waals surface area contributed by atoms with Crippen LogP contribution >= 0.6 is 15.9 Å². The first-order valence-electron chi connectivity index (χ1n) is 6.73. The van der Waals surface area contributed by atoms with Crippen LogP contribution in [0.25, 0.3) is 0 Å². The van der Waals surface area contributed by atoms with E-state index in [4.69, 9.17) is 4.99 Å². The van der Waals surface area contributed by atoms with Crippen molar-refractivity contribution < 1.29 is 0 Å². The SMILES string of the molecule is CC(=NC1CCCCC1)Nc1ccc(C)cc1Br. The Morgan fingerprint density at radius 3 is 2.67 bits per heavy atom. The topological polar surface area (TPSA) is 24.4 Å². The van der Waals surface area contributed by atoms with Crippen LogP contribution in [-0.4, -0.2) is 11.9 Å². The fourth-order valence-corrected chi connectivity index (χ4v) is 3.03. The highest BCUT2D eigenvalue weighted by Crippen LogP contribution is 2.24. The molecule has 0 unspecified atom stereocenters. The van der Waals surface area contributed by atoms with Gasteiger partial charge in [0, 0.05) is 4.47 Å². The van der Waals surface area contributed by atoms with Crippen molar-refractivity contribution in [3.05, 3.63) is 28.2 Å². The van der Waals surface area contributed by atoms with Crippen molar-refractivity contribution in [1.29, 1.82) is 0 Å². The molecule has 1 aromatic rings. The van der Waals surface area contributed by atoms with E-state index in [9.17, 15) is 0 Å². The lowest BCUT2D eigenvalue weighted by atomic mass is 9.96. The summed E-state index contributed by atoms with van der Waals surface area (Å²) < 4.78 is 1.10. The Morgan fingerprint density at radius 2 is 2.00 bits per heavy atom. The summed E-state index contributed by atoms with van der Waals surface area (Å²) in [6.45, 7) is 4.15. The molecule has 0 atom stereocenters. The Labute approximate surface area is 118 Å². The van der Waals surface area contributed by atoms with Crippen molar-refractivity contribution in [1.82, 2.24) is 0 Å². The first-order chi connectivity index (χ1) is 8.65. The fourth-order valence-electron chi connectivity index (χ4n) is 2.43. The number of aryl methyl sites for hydroxylation is 1. The van der Waals surface area contributed by atoms with Gasteiger partial charge >= 0.3 is 0 Å². The summed E-state index contributed by atoms with van der Waals surface area (Å²) in [5, 5.41) is 3.39. The molecule has 2 nitrogen and oxygen atoms in total. The molecule has 0 spiro atoms. The minimum Gasteiger partial charge on any atom is -0.343 e. The number of aliphatic imine (C=N–C) groups is 1. The van der Waals surface area contributed by atoms with Crippen LogP contribution in [-0.2, 0) is 0 Å². The van der Waals surface area contributed by atoms with Gasteiger partial charge in [0.05, 0.1) is 17.6 Å². The average molecular weight is 309 g/mol. The Kier molecular flexibility index (Phi) is 4.81. The summed E-state index contributed by atoms with van der Waals surface area (Å²) in [5.74, 6) is 1.02. The molecule has 0 heterocycles. The molecule has 1 aliphatic carbocycles. The quantitative estimate of drug-likeness (QED) is 0.608. The molecular weight excluding hydrogens is 288 g/mol.